The van der Waals surface area contributed by atoms with Crippen molar-refractivity contribution in [2.75, 3.05) is 24.8 Å². The minimum absolute atomic E-state index is 0.106. The first kappa shape index (κ1) is 11.5. The number of aromatic nitrogens is 2. The molecule has 84 valence electrons. The van der Waals surface area contributed by atoms with Gasteiger partial charge in [-0.2, -0.15) is 5.10 Å². The van der Waals surface area contributed by atoms with Crippen molar-refractivity contribution in [3.63, 3.8) is 0 Å². The van der Waals surface area contributed by atoms with Gasteiger partial charge in [0, 0.05) is 20.1 Å². The van der Waals surface area contributed by atoms with E-state index >= 15 is 0 Å². The Hall–Kier alpha value is -1.56. The molecule has 0 saturated heterocycles. The maximum Gasteiger partial charge on any atom is 0.225 e. The quantitative estimate of drug-likeness (QED) is 0.625. The van der Waals surface area contributed by atoms with Crippen molar-refractivity contribution >= 4 is 17.4 Å². The number of hydrogen-bond acceptors (Lipinski definition) is 4. The Balaban J connectivity index is 2.41. The molecule has 0 aliphatic rings. The number of nitrogens with one attached hydrogen (secondary N) is 2. The molecule has 1 aromatic rings. The van der Waals surface area contributed by atoms with Crippen LogP contribution in [-0.2, 0) is 9.53 Å². The van der Waals surface area contributed by atoms with Gasteiger partial charge >= 0.3 is 0 Å². The molecule has 0 unspecified atom stereocenters. The summed E-state index contributed by atoms with van der Waals surface area (Å²) in [4.78, 5) is 11.4. The highest BCUT2D eigenvalue weighted by atomic mass is 16.5. The lowest BCUT2D eigenvalue weighted by Gasteiger charge is -2.02. The average molecular weight is 212 g/mol. The summed E-state index contributed by atoms with van der Waals surface area (Å²) in [5.74, 6) is 0.292. The van der Waals surface area contributed by atoms with Crippen molar-refractivity contribution in [1.82, 2.24) is 10.2 Å². The molecule has 6 nitrogen and oxygen atoms in total. The molecule has 0 atom stereocenters. The highest BCUT2D eigenvalue weighted by Gasteiger charge is 2.09. The number of hydrogen-bond donors (Lipinski definition) is 3. The maximum absolute atomic E-state index is 11.4. The fraction of sp³-hybridized carbons (Fsp3) is 0.556. The van der Waals surface area contributed by atoms with E-state index in [1.165, 1.54) is 0 Å². The topological polar surface area (TPSA) is 93.0 Å². The molecule has 1 rings (SSSR count). The van der Waals surface area contributed by atoms with Gasteiger partial charge in [-0.15, -0.1) is 0 Å². The van der Waals surface area contributed by atoms with Crippen molar-refractivity contribution < 1.29 is 9.53 Å². The highest BCUT2D eigenvalue weighted by molar-refractivity contribution is 5.92. The monoisotopic (exact) mass is 212 g/mol. The van der Waals surface area contributed by atoms with Crippen molar-refractivity contribution in [2.45, 2.75) is 19.8 Å². The summed E-state index contributed by atoms with van der Waals surface area (Å²) in [6.45, 7) is 2.37. The number of carbonyl (C=O) groups excluding carboxylic acids is 1. The Morgan fingerprint density at radius 2 is 2.40 bits per heavy atom. The summed E-state index contributed by atoms with van der Waals surface area (Å²) in [5.41, 5.74) is 6.91. The van der Waals surface area contributed by atoms with E-state index in [4.69, 9.17) is 10.5 Å². The van der Waals surface area contributed by atoms with E-state index in [2.05, 4.69) is 15.5 Å². The van der Waals surface area contributed by atoms with E-state index < -0.39 is 0 Å². The molecular weight excluding hydrogens is 196 g/mol. The minimum Gasteiger partial charge on any atom is -0.394 e. The van der Waals surface area contributed by atoms with Crippen molar-refractivity contribution in [3.8, 4) is 0 Å². The zero-order valence-electron chi connectivity index (χ0n) is 8.96. The van der Waals surface area contributed by atoms with E-state index in [1.807, 2.05) is 0 Å². The number of amides is 1. The third-order valence-electron chi connectivity index (χ3n) is 2.00. The summed E-state index contributed by atoms with van der Waals surface area (Å²) in [6, 6.07) is 0. The first-order valence-corrected chi connectivity index (χ1v) is 4.74. The molecule has 0 bridgehead atoms. The third-order valence-corrected chi connectivity index (χ3v) is 2.00. The van der Waals surface area contributed by atoms with Gasteiger partial charge in [0.2, 0.25) is 5.91 Å². The fourth-order valence-corrected chi connectivity index (χ4v) is 1.10. The second kappa shape index (κ2) is 5.35. The Morgan fingerprint density at radius 1 is 1.67 bits per heavy atom. The molecule has 0 radical (unpaired) electrons. The van der Waals surface area contributed by atoms with Gasteiger partial charge in [0.25, 0.3) is 0 Å². The lowest BCUT2D eigenvalue weighted by molar-refractivity contribution is -0.116. The number of aromatic amines is 1. The maximum atomic E-state index is 11.4. The van der Waals surface area contributed by atoms with Crippen LogP contribution in [0, 0.1) is 6.92 Å². The summed E-state index contributed by atoms with van der Waals surface area (Å²) in [5, 5.41) is 9.19. The third kappa shape index (κ3) is 3.25. The Bertz CT molecular complexity index is 335. The molecule has 6 heteroatoms. The number of carbonyl (C=O) groups is 1. The van der Waals surface area contributed by atoms with Gasteiger partial charge in [-0.05, 0) is 13.3 Å². The van der Waals surface area contributed by atoms with Gasteiger partial charge in [-0.1, -0.05) is 0 Å². The number of methoxy groups -OCH3 is 1. The van der Waals surface area contributed by atoms with Crippen LogP contribution in [0.1, 0.15) is 18.5 Å². The summed E-state index contributed by atoms with van der Waals surface area (Å²) in [7, 11) is 1.60. The second-order valence-corrected chi connectivity index (χ2v) is 3.26. The molecule has 0 spiro atoms. The van der Waals surface area contributed by atoms with E-state index in [1.54, 1.807) is 14.0 Å². The van der Waals surface area contributed by atoms with E-state index in [0.717, 1.165) is 5.69 Å². The van der Waals surface area contributed by atoms with Crippen LogP contribution in [0.3, 0.4) is 0 Å². The van der Waals surface area contributed by atoms with Crippen molar-refractivity contribution in [1.29, 1.82) is 0 Å². The number of nitrogen functional groups attached to an aromatic ring is 1. The zero-order chi connectivity index (χ0) is 11.3. The van der Waals surface area contributed by atoms with Gasteiger partial charge in [0.05, 0.1) is 11.4 Å². The molecule has 1 aromatic heterocycles. The summed E-state index contributed by atoms with van der Waals surface area (Å²) in [6.07, 6.45) is 1.09. The van der Waals surface area contributed by atoms with Crippen molar-refractivity contribution in [2.24, 2.45) is 0 Å². The molecule has 0 saturated carbocycles. The van der Waals surface area contributed by atoms with Gasteiger partial charge in [0.15, 0.2) is 5.82 Å². The summed E-state index contributed by atoms with van der Waals surface area (Å²) < 4.78 is 4.84. The first-order chi connectivity index (χ1) is 7.15. The van der Waals surface area contributed by atoms with Crippen LogP contribution in [0.2, 0.25) is 0 Å². The Kier molecular flexibility index (Phi) is 4.11. The molecule has 0 aliphatic carbocycles. The number of H-pyrrole nitrogens is 1. The van der Waals surface area contributed by atoms with Gasteiger partial charge in [0.1, 0.15) is 0 Å². The number of ether oxygens (including phenoxy) is 1. The molecule has 0 fully saturated rings. The van der Waals surface area contributed by atoms with Crippen LogP contribution < -0.4 is 11.1 Å². The number of nitrogens with two attached hydrogens (primary N) is 1. The standard InChI is InChI=1S/C9H16N4O2/c1-6-8(10)9(13-12-6)11-7(14)4-3-5-15-2/h3-5,10H2,1-2H3,(H2,11,12,13,14). The van der Waals surface area contributed by atoms with Crippen LogP contribution in [0.15, 0.2) is 0 Å². The zero-order valence-corrected chi connectivity index (χ0v) is 8.96. The lowest BCUT2D eigenvalue weighted by Crippen LogP contribution is -2.13. The SMILES string of the molecule is COCCCC(=O)Nc1n[nH]c(C)c1N. The number of aryl methyl sites for hydroxylation is 1. The molecule has 4 N–H and O–H groups in total. The Labute approximate surface area is 88.2 Å². The Morgan fingerprint density at radius 3 is 2.93 bits per heavy atom. The number of nitrogens with zero attached hydrogens (tertiary/aromatic N) is 1. The van der Waals surface area contributed by atoms with Gasteiger partial charge in [-0.3, -0.25) is 9.89 Å². The van der Waals surface area contributed by atoms with Crippen LogP contribution in [0.4, 0.5) is 11.5 Å². The fourth-order valence-electron chi connectivity index (χ4n) is 1.10. The van der Waals surface area contributed by atoms with Gasteiger partial charge in [-0.25, -0.2) is 0 Å². The molecule has 1 amide bonds. The predicted octanol–water partition coefficient (Wildman–Crippen LogP) is 0.665. The molecular formula is C9H16N4O2. The number of anilines is 2. The average Bonchev–Trinajstić information content (AvgIpc) is 2.50. The van der Waals surface area contributed by atoms with E-state index in [9.17, 15) is 4.79 Å². The second-order valence-electron chi connectivity index (χ2n) is 3.26. The van der Waals surface area contributed by atoms with Crippen LogP contribution in [0.25, 0.3) is 0 Å². The number of rotatable bonds is 5. The molecule has 15 heavy (non-hydrogen) atoms. The molecule has 1 heterocycles. The highest BCUT2D eigenvalue weighted by Crippen LogP contribution is 2.17. The summed E-state index contributed by atoms with van der Waals surface area (Å²) >= 11 is 0. The molecule has 0 aliphatic heterocycles. The largest absolute Gasteiger partial charge is 0.394 e. The minimum atomic E-state index is -0.106. The normalized spacial score (nSPS) is 10.3. The van der Waals surface area contributed by atoms with Crippen LogP contribution >= 0.6 is 0 Å². The van der Waals surface area contributed by atoms with Crippen LogP contribution in [-0.4, -0.2) is 29.8 Å². The predicted molar refractivity (Wildman–Crippen MR) is 57.5 cm³/mol. The van der Waals surface area contributed by atoms with Crippen LogP contribution in [0.5, 0.6) is 0 Å². The first-order valence-electron chi connectivity index (χ1n) is 4.74. The van der Waals surface area contributed by atoms with Gasteiger partial charge < -0.3 is 15.8 Å². The smallest absolute Gasteiger partial charge is 0.225 e. The van der Waals surface area contributed by atoms with Crippen molar-refractivity contribution in [3.05, 3.63) is 5.69 Å². The van der Waals surface area contributed by atoms with E-state index in [-0.39, 0.29) is 5.91 Å². The lowest BCUT2D eigenvalue weighted by atomic mass is 10.3. The van der Waals surface area contributed by atoms with E-state index in [0.29, 0.717) is 31.0 Å². The molecule has 0 aromatic carbocycles.